The van der Waals surface area contributed by atoms with E-state index in [1.54, 1.807) is 13.0 Å². The first-order valence-electron chi connectivity index (χ1n) is 4.92. The number of benzene rings is 1. The summed E-state index contributed by atoms with van der Waals surface area (Å²) in [7, 11) is 0. The Morgan fingerprint density at radius 2 is 2.29 bits per heavy atom. The van der Waals surface area contributed by atoms with Gasteiger partial charge in [0.25, 0.3) is 5.22 Å². The lowest BCUT2D eigenvalue weighted by Crippen LogP contribution is -1.93. The minimum Gasteiger partial charge on any atom is -0.416 e. The number of aryl methyl sites for hydroxylation is 1. The fraction of sp³-hybridized carbons (Fsp3) is 0.182. The lowest BCUT2D eigenvalue weighted by molar-refractivity contribution is 0.429. The van der Waals surface area contributed by atoms with Gasteiger partial charge in [0.2, 0.25) is 5.89 Å². The summed E-state index contributed by atoms with van der Waals surface area (Å²) in [6.45, 7) is 1.74. The molecule has 0 saturated carbocycles. The van der Waals surface area contributed by atoms with Gasteiger partial charge in [0, 0.05) is 17.5 Å². The molecule has 0 amide bonds. The van der Waals surface area contributed by atoms with Gasteiger partial charge in [-0.05, 0) is 35.5 Å². The molecule has 0 radical (unpaired) electrons. The molecule has 6 heteroatoms. The highest BCUT2D eigenvalue weighted by atomic mass is 32.2. The van der Waals surface area contributed by atoms with Crippen molar-refractivity contribution < 1.29 is 4.42 Å². The van der Waals surface area contributed by atoms with E-state index in [4.69, 9.17) is 15.4 Å². The van der Waals surface area contributed by atoms with Gasteiger partial charge in [-0.2, -0.15) is 5.26 Å². The number of hydrogen-bond donors (Lipinski definition) is 1. The molecule has 0 fully saturated rings. The van der Waals surface area contributed by atoms with Gasteiger partial charge in [-0.1, -0.05) is 0 Å². The first kappa shape index (κ1) is 11.5. The van der Waals surface area contributed by atoms with Crippen LogP contribution in [-0.4, -0.2) is 10.2 Å². The van der Waals surface area contributed by atoms with Crippen LogP contribution in [0.4, 0.5) is 5.69 Å². The molecule has 0 bridgehead atoms. The summed E-state index contributed by atoms with van der Waals surface area (Å²) in [4.78, 5) is 0.924. The largest absolute Gasteiger partial charge is 0.416 e. The van der Waals surface area contributed by atoms with E-state index in [0.29, 0.717) is 23.2 Å². The van der Waals surface area contributed by atoms with Crippen LogP contribution in [0, 0.1) is 18.3 Å². The third kappa shape index (κ3) is 2.77. The Labute approximate surface area is 103 Å². The molecule has 17 heavy (non-hydrogen) atoms. The van der Waals surface area contributed by atoms with Crippen LogP contribution in [0.5, 0.6) is 0 Å². The Hall–Kier alpha value is -2.00. The minimum atomic E-state index is 0.295. The van der Waals surface area contributed by atoms with Crippen molar-refractivity contribution in [3.63, 3.8) is 0 Å². The maximum atomic E-state index is 8.67. The van der Waals surface area contributed by atoms with Crippen molar-refractivity contribution in [1.82, 2.24) is 10.2 Å². The van der Waals surface area contributed by atoms with Crippen molar-refractivity contribution >= 4 is 17.4 Å². The highest BCUT2D eigenvalue weighted by molar-refractivity contribution is 7.99. The third-order valence-corrected chi connectivity index (χ3v) is 2.93. The lowest BCUT2D eigenvalue weighted by atomic mass is 10.1. The monoisotopic (exact) mass is 246 g/mol. The van der Waals surface area contributed by atoms with Crippen LogP contribution in [0.15, 0.2) is 32.7 Å². The zero-order valence-electron chi connectivity index (χ0n) is 9.17. The number of rotatable bonds is 3. The Morgan fingerprint density at radius 3 is 2.94 bits per heavy atom. The van der Waals surface area contributed by atoms with Gasteiger partial charge in [-0.3, -0.25) is 0 Å². The average Bonchev–Trinajstić information content (AvgIpc) is 2.69. The number of nitriles is 1. The van der Waals surface area contributed by atoms with Gasteiger partial charge in [0.05, 0.1) is 12.5 Å². The molecular formula is C11H10N4OS. The maximum Gasteiger partial charge on any atom is 0.281 e. The molecule has 1 aromatic heterocycles. The SMILES string of the molecule is Cc1nnc(Sc2ccc(N)c(CC#N)c2)o1. The standard InChI is InChI=1S/C11H10N4OS/c1-7-14-15-11(16-7)17-9-2-3-10(13)8(6-9)4-5-12/h2-3,6H,4,13H2,1H3. The Balaban J connectivity index is 2.22. The number of nitrogen functional groups attached to an aromatic ring is 1. The van der Waals surface area contributed by atoms with Crippen LogP contribution >= 0.6 is 11.8 Å². The highest BCUT2D eigenvalue weighted by Gasteiger charge is 2.07. The first-order chi connectivity index (χ1) is 8.19. The molecule has 0 unspecified atom stereocenters. The van der Waals surface area contributed by atoms with Crippen molar-refractivity contribution in [1.29, 1.82) is 5.26 Å². The van der Waals surface area contributed by atoms with E-state index in [1.165, 1.54) is 11.8 Å². The van der Waals surface area contributed by atoms with E-state index in [9.17, 15) is 0 Å². The normalized spacial score (nSPS) is 10.1. The molecule has 0 aliphatic rings. The second-order valence-electron chi connectivity index (χ2n) is 3.38. The number of anilines is 1. The molecule has 0 spiro atoms. The molecule has 2 N–H and O–H groups in total. The third-order valence-electron chi connectivity index (χ3n) is 2.10. The van der Waals surface area contributed by atoms with Crippen LogP contribution in [0.25, 0.3) is 0 Å². The Bertz CT molecular complexity index is 573. The van der Waals surface area contributed by atoms with Gasteiger partial charge in [0.1, 0.15) is 0 Å². The minimum absolute atomic E-state index is 0.295. The van der Waals surface area contributed by atoms with Gasteiger partial charge in [-0.25, -0.2) is 0 Å². The summed E-state index contributed by atoms with van der Waals surface area (Å²) >= 11 is 1.35. The molecule has 86 valence electrons. The van der Waals surface area contributed by atoms with E-state index in [1.807, 2.05) is 12.1 Å². The average molecular weight is 246 g/mol. The topological polar surface area (TPSA) is 88.7 Å². The zero-order chi connectivity index (χ0) is 12.3. The van der Waals surface area contributed by atoms with E-state index in [2.05, 4.69) is 16.3 Å². The second kappa shape index (κ2) is 4.89. The fourth-order valence-electron chi connectivity index (χ4n) is 1.30. The number of hydrogen-bond acceptors (Lipinski definition) is 6. The summed E-state index contributed by atoms with van der Waals surface area (Å²) in [5.74, 6) is 0.528. The molecule has 2 rings (SSSR count). The van der Waals surface area contributed by atoms with Crippen LogP contribution in [0.2, 0.25) is 0 Å². The first-order valence-corrected chi connectivity index (χ1v) is 5.74. The van der Waals surface area contributed by atoms with Gasteiger partial charge in [0.15, 0.2) is 0 Å². The summed E-state index contributed by atoms with van der Waals surface area (Å²) in [5.41, 5.74) is 7.20. The number of aromatic nitrogens is 2. The van der Waals surface area contributed by atoms with Crippen molar-refractivity contribution in [2.45, 2.75) is 23.5 Å². The summed E-state index contributed by atoms with van der Waals surface area (Å²) < 4.78 is 5.26. The van der Waals surface area contributed by atoms with E-state index >= 15 is 0 Å². The molecule has 1 aromatic carbocycles. The van der Waals surface area contributed by atoms with Crippen LogP contribution in [0.1, 0.15) is 11.5 Å². The maximum absolute atomic E-state index is 8.67. The van der Waals surface area contributed by atoms with Crippen LogP contribution in [-0.2, 0) is 6.42 Å². The van der Waals surface area contributed by atoms with E-state index < -0.39 is 0 Å². The molecule has 2 aromatic rings. The molecule has 5 nitrogen and oxygen atoms in total. The van der Waals surface area contributed by atoms with Crippen LogP contribution < -0.4 is 5.73 Å². The molecular weight excluding hydrogens is 236 g/mol. The highest BCUT2D eigenvalue weighted by Crippen LogP contribution is 2.28. The van der Waals surface area contributed by atoms with Gasteiger partial charge < -0.3 is 10.2 Å². The van der Waals surface area contributed by atoms with Crippen molar-refractivity contribution in [3.05, 3.63) is 29.7 Å². The summed E-state index contributed by atoms with van der Waals surface area (Å²) in [6, 6.07) is 7.58. The fourth-order valence-corrected chi connectivity index (χ4v) is 2.09. The number of nitrogens with zero attached hydrogens (tertiary/aromatic N) is 3. The van der Waals surface area contributed by atoms with E-state index in [0.717, 1.165) is 10.5 Å². The molecule has 0 aliphatic carbocycles. The summed E-state index contributed by atoms with van der Waals surface area (Å²) in [6.07, 6.45) is 0.295. The van der Waals surface area contributed by atoms with Crippen LogP contribution in [0.3, 0.4) is 0 Å². The molecule has 1 heterocycles. The van der Waals surface area contributed by atoms with Crippen molar-refractivity contribution in [3.8, 4) is 6.07 Å². The van der Waals surface area contributed by atoms with Gasteiger partial charge >= 0.3 is 0 Å². The summed E-state index contributed by atoms with van der Waals surface area (Å²) in [5, 5.41) is 16.8. The van der Waals surface area contributed by atoms with Crippen molar-refractivity contribution in [2.24, 2.45) is 0 Å². The van der Waals surface area contributed by atoms with E-state index in [-0.39, 0.29) is 0 Å². The second-order valence-corrected chi connectivity index (χ2v) is 4.41. The van der Waals surface area contributed by atoms with Crippen molar-refractivity contribution in [2.75, 3.05) is 5.73 Å². The Morgan fingerprint density at radius 1 is 1.47 bits per heavy atom. The predicted molar refractivity (Wildman–Crippen MR) is 63.3 cm³/mol. The zero-order valence-corrected chi connectivity index (χ0v) is 9.99. The molecule has 0 atom stereocenters. The smallest absolute Gasteiger partial charge is 0.281 e. The predicted octanol–water partition coefficient (Wildman–Crippen LogP) is 2.18. The van der Waals surface area contributed by atoms with Gasteiger partial charge in [-0.15, -0.1) is 10.2 Å². The lowest BCUT2D eigenvalue weighted by Gasteiger charge is -2.03. The number of nitrogens with two attached hydrogens (primary N) is 1. The molecule has 0 saturated heterocycles. The quantitative estimate of drug-likeness (QED) is 0.835. The Kier molecular flexibility index (Phi) is 3.30. The molecule has 0 aliphatic heterocycles.